The zero-order valence-electron chi connectivity index (χ0n) is 19.5. The fourth-order valence-electron chi connectivity index (χ4n) is 4.81. The molecular weight excluding hydrogens is 458 g/mol. The number of halogens is 2. The van der Waals surface area contributed by atoms with E-state index in [4.69, 9.17) is 5.11 Å². The summed E-state index contributed by atoms with van der Waals surface area (Å²) in [6, 6.07) is 3.32. The third-order valence-electron chi connectivity index (χ3n) is 6.81. The van der Waals surface area contributed by atoms with E-state index in [0.29, 0.717) is 48.3 Å². The van der Waals surface area contributed by atoms with Gasteiger partial charge in [-0.2, -0.15) is 0 Å². The zero-order chi connectivity index (χ0) is 24.5. The van der Waals surface area contributed by atoms with Crippen molar-refractivity contribution in [1.82, 2.24) is 35.0 Å². The highest BCUT2D eigenvalue weighted by molar-refractivity contribution is 5.67. The van der Waals surface area contributed by atoms with E-state index in [-0.39, 0.29) is 18.0 Å². The molecule has 1 atom stereocenters. The number of rotatable bonds is 9. The Balaban J connectivity index is 1.43. The highest BCUT2D eigenvalue weighted by Gasteiger charge is 2.28. The van der Waals surface area contributed by atoms with E-state index in [9.17, 15) is 13.6 Å². The van der Waals surface area contributed by atoms with E-state index in [0.717, 1.165) is 25.0 Å². The molecule has 1 unspecified atom stereocenters. The molecule has 1 N–H and O–H groups in total. The van der Waals surface area contributed by atoms with Gasteiger partial charge in [0.1, 0.15) is 11.4 Å². The second-order valence-electron chi connectivity index (χ2n) is 9.49. The van der Waals surface area contributed by atoms with E-state index in [1.54, 1.807) is 34.7 Å². The number of aryl methyl sites for hydroxylation is 1. The number of piperidine rings is 1. The minimum atomic E-state index is -2.79. The molecule has 4 heterocycles. The molecule has 1 aliphatic carbocycles. The van der Waals surface area contributed by atoms with Gasteiger partial charge in [0.05, 0.1) is 35.5 Å². The van der Waals surface area contributed by atoms with Gasteiger partial charge in [0.2, 0.25) is 0 Å². The van der Waals surface area contributed by atoms with Gasteiger partial charge in [0.25, 0.3) is 6.43 Å². The number of carbonyl (C=O) groups is 1. The summed E-state index contributed by atoms with van der Waals surface area (Å²) in [4.78, 5) is 17.3. The Labute approximate surface area is 201 Å². The number of nitrogens with zero attached hydrogens (tertiary/aromatic N) is 8. The van der Waals surface area contributed by atoms with Crippen molar-refractivity contribution < 1.29 is 18.7 Å². The molecule has 10 nitrogen and oxygen atoms in total. The summed E-state index contributed by atoms with van der Waals surface area (Å²) >= 11 is 0. The van der Waals surface area contributed by atoms with Crippen LogP contribution in [-0.2, 0) is 24.8 Å². The van der Waals surface area contributed by atoms with E-state index >= 15 is 0 Å². The fourth-order valence-corrected chi connectivity index (χ4v) is 4.81. The Morgan fingerprint density at radius 3 is 2.77 bits per heavy atom. The van der Waals surface area contributed by atoms with Crippen LogP contribution in [0.4, 0.5) is 14.5 Å². The molecule has 0 radical (unpaired) electrons. The van der Waals surface area contributed by atoms with Gasteiger partial charge in [-0.1, -0.05) is 10.4 Å². The number of aliphatic carboxylic acids is 1. The first-order chi connectivity index (χ1) is 16.9. The van der Waals surface area contributed by atoms with Crippen LogP contribution in [0.2, 0.25) is 0 Å². The smallest absolute Gasteiger partial charge is 0.303 e. The van der Waals surface area contributed by atoms with Gasteiger partial charge in [0, 0.05) is 26.6 Å². The fraction of sp³-hybridized carbons (Fsp3) is 0.565. The van der Waals surface area contributed by atoms with Crippen LogP contribution < -0.4 is 4.90 Å². The number of carboxylic acid groups (broad SMARTS) is 1. The first-order valence-electron chi connectivity index (χ1n) is 11.9. The van der Waals surface area contributed by atoms with Gasteiger partial charge >= 0.3 is 5.97 Å². The zero-order valence-corrected chi connectivity index (χ0v) is 19.5. The first-order valence-corrected chi connectivity index (χ1v) is 11.9. The number of aromatic nitrogens is 7. The largest absolute Gasteiger partial charge is 0.481 e. The molecule has 1 saturated carbocycles. The summed E-state index contributed by atoms with van der Waals surface area (Å²) in [6.45, 7) is 1.36. The van der Waals surface area contributed by atoms with E-state index in [2.05, 4.69) is 25.6 Å². The average Bonchev–Trinajstić information content (AvgIpc) is 3.43. The summed E-state index contributed by atoms with van der Waals surface area (Å²) in [5.41, 5.74) is 2.48. The van der Waals surface area contributed by atoms with Crippen molar-refractivity contribution in [3.05, 3.63) is 35.4 Å². The summed E-state index contributed by atoms with van der Waals surface area (Å²) in [5, 5.41) is 25.7. The molecule has 5 rings (SSSR count). The van der Waals surface area contributed by atoms with Crippen LogP contribution in [-0.4, -0.2) is 59.1 Å². The molecule has 0 amide bonds. The van der Waals surface area contributed by atoms with Crippen molar-refractivity contribution in [2.24, 2.45) is 18.9 Å². The number of hydrogen-bond acceptors (Lipinski definition) is 7. The normalized spacial score (nSPS) is 18.4. The van der Waals surface area contributed by atoms with Gasteiger partial charge in [-0.25, -0.2) is 23.1 Å². The maximum absolute atomic E-state index is 14.1. The van der Waals surface area contributed by atoms with Gasteiger partial charge in [-0.15, -0.1) is 10.2 Å². The Kier molecular flexibility index (Phi) is 6.44. The molecule has 2 aliphatic rings. The maximum Gasteiger partial charge on any atom is 0.303 e. The Bertz CT molecular complexity index is 1210. The van der Waals surface area contributed by atoms with Crippen molar-refractivity contribution in [2.75, 3.05) is 18.0 Å². The van der Waals surface area contributed by atoms with Crippen LogP contribution in [0.25, 0.3) is 11.4 Å². The Hall–Kier alpha value is -3.44. The number of hydrogen-bond donors (Lipinski definition) is 1. The molecule has 0 bridgehead atoms. The van der Waals surface area contributed by atoms with Gasteiger partial charge in [-0.3, -0.25) is 4.79 Å². The minimum Gasteiger partial charge on any atom is -0.481 e. The van der Waals surface area contributed by atoms with Crippen LogP contribution in [0.15, 0.2) is 18.3 Å². The number of pyridine rings is 1. The lowest BCUT2D eigenvalue weighted by molar-refractivity contribution is -0.138. The van der Waals surface area contributed by atoms with E-state index < -0.39 is 12.4 Å². The molecule has 1 aliphatic heterocycles. The molecule has 1 saturated heterocycles. The predicted octanol–water partition coefficient (Wildman–Crippen LogP) is 3.10. The lowest BCUT2D eigenvalue weighted by Crippen LogP contribution is -2.37. The molecular formula is C23H28F2N8O2. The average molecular weight is 487 g/mol. The summed E-state index contributed by atoms with van der Waals surface area (Å²) in [5.74, 6) is -0.281. The molecule has 3 aromatic rings. The van der Waals surface area contributed by atoms with Crippen molar-refractivity contribution in [3.63, 3.8) is 0 Å². The van der Waals surface area contributed by atoms with Crippen molar-refractivity contribution >= 4 is 11.7 Å². The second kappa shape index (κ2) is 9.67. The van der Waals surface area contributed by atoms with Crippen molar-refractivity contribution in [2.45, 2.75) is 51.5 Å². The highest BCUT2D eigenvalue weighted by atomic mass is 19.3. The first kappa shape index (κ1) is 23.3. The number of alkyl halides is 2. The molecule has 0 spiro atoms. The molecule has 186 valence electrons. The van der Waals surface area contributed by atoms with Crippen LogP contribution in [0.1, 0.15) is 55.6 Å². The van der Waals surface area contributed by atoms with E-state index in [1.807, 2.05) is 4.90 Å². The number of carboxylic acids is 1. The molecule has 2 fully saturated rings. The quantitative estimate of drug-likeness (QED) is 0.491. The van der Waals surface area contributed by atoms with Gasteiger partial charge in [0.15, 0.2) is 0 Å². The third kappa shape index (κ3) is 5.15. The standard InChI is InChI=1S/C23H28F2N8O2/c1-31-19(13-33-16(11-26-29-33)9-14-4-5-14)21(28-30-31)17-6-7-18(22(27-17)23(24)25)32-8-2-3-15(12-32)10-20(34)35/h6-7,11,14-15,23H,2-5,8-10,12-13H2,1H3,(H,34,35). The molecule has 12 heteroatoms. The van der Waals surface area contributed by atoms with Gasteiger partial charge in [-0.05, 0) is 56.1 Å². The molecule has 35 heavy (non-hydrogen) atoms. The lowest BCUT2D eigenvalue weighted by Gasteiger charge is -2.34. The Morgan fingerprint density at radius 1 is 1.20 bits per heavy atom. The monoisotopic (exact) mass is 486 g/mol. The second-order valence-corrected chi connectivity index (χ2v) is 9.49. The topological polar surface area (TPSA) is 115 Å². The summed E-state index contributed by atoms with van der Waals surface area (Å²) in [7, 11) is 1.75. The lowest BCUT2D eigenvalue weighted by atomic mass is 9.94. The van der Waals surface area contributed by atoms with E-state index in [1.165, 1.54) is 12.8 Å². The third-order valence-corrected chi connectivity index (χ3v) is 6.81. The highest BCUT2D eigenvalue weighted by Crippen LogP contribution is 2.35. The minimum absolute atomic E-state index is 0.0278. The SMILES string of the molecule is Cn1nnc(-c2ccc(N3CCCC(CC(=O)O)C3)c(C(F)F)n2)c1Cn1nncc1CC1CC1. The predicted molar refractivity (Wildman–Crippen MR) is 122 cm³/mol. The Morgan fingerprint density at radius 2 is 2.03 bits per heavy atom. The van der Waals surface area contributed by atoms with Crippen LogP contribution in [0.3, 0.4) is 0 Å². The molecule has 0 aromatic carbocycles. The maximum atomic E-state index is 14.1. The van der Waals surface area contributed by atoms with Crippen LogP contribution in [0, 0.1) is 11.8 Å². The van der Waals surface area contributed by atoms with Gasteiger partial charge < -0.3 is 10.0 Å². The number of anilines is 1. The molecule has 3 aromatic heterocycles. The van der Waals surface area contributed by atoms with Crippen LogP contribution >= 0.6 is 0 Å². The van der Waals surface area contributed by atoms with Crippen molar-refractivity contribution in [1.29, 1.82) is 0 Å². The summed E-state index contributed by atoms with van der Waals surface area (Å²) in [6.07, 6.45) is 3.86. The summed E-state index contributed by atoms with van der Waals surface area (Å²) < 4.78 is 31.7. The van der Waals surface area contributed by atoms with Crippen molar-refractivity contribution in [3.8, 4) is 11.4 Å². The van der Waals surface area contributed by atoms with Crippen LogP contribution in [0.5, 0.6) is 0 Å².